The molecule has 1 aromatic heterocycles. The van der Waals surface area contributed by atoms with Crippen molar-refractivity contribution in [2.45, 2.75) is 45.6 Å². The van der Waals surface area contributed by atoms with Crippen LogP contribution in [0.25, 0.3) is 0 Å². The van der Waals surface area contributed by atoms with E-state index >= 15 is 0 Å². The maximum absolute atomic E-state index is 11.9. The zero-order valence-electron chi connectivity index (χ0n) is 13.0. The summed E-state index contributed by atoms with van der Waals surface area (Å²) in [4.78, 5) is 16.5. The lowest BCUT2D eigenvalue weighted by Gasteiger charge is -2.36. The topological polar surface area (TPSA) is 52.2 Å². The predicted octanol–water partition coefficient (Wildman–Crippen LogP) is 1.94. The van der Waals surface area contributed by atoms with Crippen molar-refractivity contribution in [1.29, 1.82) is 0 Å². The van der Waals surface area contributed by atoms with Crippen LogP contribution in [0.5, 0.6) is 0 Å². The molecule has 2 aliphatic rings. The van der Waals surface area contributed by atoms with Gasteiger partial charge in [0.1, 0.15) is 0 Å². The molecule has 21 heavy (non-hydrogen) atoms. The molecule has 0 bridgehead atoms. The Labute approximate surface area is 126 Å². The molecule has 3 heterocycles. The molecule has 2 saturated heterocycles. The van der Waals surface area contributed by atoms with E-state index in [2.05, 4.69) is 26.9 Å². The van der Waals surface area contributed by atoms with Crippen LogP contribution in [0, 0.1) is 12.8 Å². The number of hydrogen-bond acceptors (Lipinski definition) is 3. The minimum atomic E-state index is 0.372. The fourth-order valence-corrected chi connectivity index (χ4v) is 3.45. The predicted molar refractivity (Wildman–Crippen MR) is 81.8 cm³/mol. The molecule has 5 nitrogen and oxygen atoms in total. The summed E-state index contributed by atoms with van der Waals surface area (Å²) >= 11 is 0. The van der Waals surface area contributed by atoms with Gasteiger partial charge in [-0.3, -0.25) is 14.8 Å². The minimum Gasteiger partial charge on any atom is -0.342 e. The molecule has 5 heteroatoms. The van der Waals surface area contributed by atoms with Crippen molar-refractivity contribution in [3.05, 3.63) is 17.5 Å². The first-order valence-corrected chi connectivity index (χ1v) is 8.21. The highest BCUT2D eigenvalue weighted by Gasteiger charge is 2.25. The van der Waals surface area contributed by atoms with Crippen LogP contribution in [-0.2, 0) is 11.3 Å². The highest BCUT2D eigenvalue weighted by molar-refractivity contribution is 5.76. The van der Waals surface area contributed by atoms with Crippen LogP contribution in [0.15, 0.2) is 6.20 Å². The fourth-order valence-electron chi connectivity index (χ4n) is 3.45. The average molecular weight is 290 g/mol. The SMILES string of the molecule is Cc1cn[nH]c1CN1CCC(CN2CCCCC2=O)CC1. The van der Waals surface area contributed by atoms with Gasteiger partial charge in [-0.1, -0.05) is 0 Å². The monoisotopic (exact) mass is 290 g/mol. The Morgan fingerprint density at radius 1 is 1.29 bits per heavy atom. The fraction of sp³-hybridized carbons (Fsp3) is 0.750. The van der Waals surface area contributed by atoms with Gasteiger partial charge in [0, 0.05) is 26.1 Å². The Bertz CT molecular complexity index is 476. The number of rotatable bonds is 4. The molecule has 2 fully saturated rings. The van der Waals surface area contributed by atoms with Crippen molar-refractivity contribution in [2.75, 3.05) is 26.2 Å². The molecule has 0 radical (unpaired) electrons. The van der Waals surface area contributed by atoms with Crippen LogP contribution in [0.2, 0.25) is 0 Å². The number of aromatic amines is 1. The second kappa shape index (κ2) is 6.60. The molecule has 3 rings (SSSR count). The minimum absolute atomic E-state index is 0.372. The number of aryl methyl sites for hydroxylation is 1. The number of likely N-dealkylation sites (tertiary alicyclic amines) is 2. The molecule has 1 N–H and O–H groups in total. The summed E-state index contributed by atoms with van der Waals surface area (Å²) < 4.78 is 0. The van der Waals surface area contributed by atoms with Crippen LogP contribution in [0.4, 0.5) is 0 Å². The van der Waals surface area contributed by atoms with Gasteiger partial charge in [0.25, 0.3) is 0 Å². The summed E-state index contributed by atoms with van der Waals surface area (Å²) in [5.41, 5.74) is 2.48. The molecule has 1 amide bonds. The molecule has 0 atom stereocenters. The van der Waals surface area contributed by atoms with Gasteiger partial charge in [-0.15, -0.1) is 0 Å². The van der Waals surface area contributed by atoms with E-state index in [1.165, 1.54) is 30.5 Å². The zero-order chi connectivity index (χ0) is 14.7. The summed E-state index contributed by atoms with van der Waals surface area (Å²) in [6.07, 6.45) is 7.33. The van der Waals surface area contributed by atoms with E-state index in [0.29, 0.717) is 11.8 Å². The van der Waals surface area contributed by atoms with E-state index < -0.39 is 0 Å². The quantitative estimate of drug-likeness (QED) is 0.922. The van der Waals surface area contributed by atoms with Crippen LogP contribution >= 0.6 is 0 Å². The van der Waals surface area contributed by atoms with Crippen molar-refractivity contribution in [2.24, 2.45) is 5.92 Å². The molecular formula is C16H26N4O. The van der Waals surface area contributed by atoms with Gasteiger partial charge >= 0.3 is 0 Å². The molecule has 116 valence electrons. The van der Waals surface area contributed by atoms with Gasteiger partial charge in [0.2, 0.25) is 5.91 Å². The Hall–Kier alpha value is -1.36. The lowest BCUT2D eigenvalue weighted by molar-refractivity contribution is -0.134. The lowest BCUT2D eigenvalue weighted by atomic mass is 9.95. The van der Waals surface area contributed by atoms with Gasteiger partial charge < -0.3 is 4.90 Å². The Kier molecular flexibility index (Phi) is 4.58. The smallest absolute Gasteiger partial charge is 0.222 e. The van der Waals surface area contributed by atoms with Crippen molar-refractivity contribution in [1.82, 2.24) is 20.0 Å². The number of amides is 1. The van der Waals surface area contributed by atoms with Gasteiger partial charge in [0.15, 0.2) is 0 Å². The number of aromatic nitrogens is 2. The third-order valence-corrected chi connectivity index (χ3v) is 4.92. The lowest BCUT2D eigenvalue weighted by Crippen LogP contribution is -2.42. The van der Waals surface area contributed by atoms with Crippen LogP contribution in [0.1, 0.15) is 43.4 Å². The number of carbonyl (C=O) groups excluding carboxylic acids is 1. The molecule has 0 aliphatic carbocycles. The number of carbonyl (C=O) groups is 1. The van der Waals surface area contributed by atoms with Crippen LogP contribution in [0.3, 0.4) is 0 Å². The van der Waals surface area contributed by atoms with E-state index in [4.69, 9.17) is 0 Å². The largest absolute Gasteiger partial charge is 0.342 e. The molecular weight excluding hydrogens is 264 g/mol. The summed E-state index contributed by atoms with van der Waals surface area (Å²) in [5, 5.41) is 7.18. The Morgan fingerprint density at radius 2 is 2.10 bits per heavy atom. The second-order valence-corrected chi connectivity index (χ2v) is 6.55. The van der Waals surface area contributed by atoms with Crippen molar-refractivity contribution in [3.8, 4) is 0 Å². The Morgan fingerprint density at radius 3 is 2.76 bits per heavy atom. The van der Waals surface area contributed by atoms with E-state index in [1.54, 1.807) is 0 Å². The second-order valence-electron chi connectivity index (χ2n) is 6.55. The summed E-state index contributed by atoms with van der Waals surface area (Å²) in [6, 6.07) is 0. The zero-order valence-corrected chi connectivity index (χ0v) is 13.0. The molecule has 1 aromatic rings. The van der Waals surface area contributed by atoms with Crippen molar-refractivity contribution < 1.29 is 4.79 Å². The molecule has 0 saturated carbocycles. The number of nitrogens with zero attached hydrogens (tertiary/aromatic N) is 3. The number of piperidine rings is 2. The van der Waals surface area contributed by atoms with Crippen molar-refractivity contribution >= 4 is 5.91 Å². The third kappa shape index (κ3) is 3.64. The highest BCUT2D eigenvalue weighted by Crippen LogP contribution is 2.22. The van der Waals surface area contributed by atoms with Crippen molar-refractivity contribution in [3.63, 3.8) is 0 Å². The normalized spacial score (nSPS) is 22.0. The van der Waals surface area contributed by atoms with Gasteiger partial charge in [-0.25, -0.2) is 0 Å². The summed E-state index contributed by atoms with van der Waals surface area (Å²) in [6.45, 7) is 7.30. The van der Waals surface area contributed by atoms with E-state index in [-0.39, 0.29) is 0 Å². The molecule has 0 unspecified atom stereocenters. The first-order valence-electron chi connectivity index (χ1n) is 8.21. The number of H-pyrrole nitrogens is 1. The van der Waals surface area contributed by atoms with Crippen LogP contribution < -0.4 is 0 Å². The molecule has 2 aliphatic heterocycles. The standard InChI is InChI=1S/C16H26N4O/c1-13-10-17-18-15(13)12-19-8-5-14(6-9-19)11-20-7-3-2-4-16(20)21/h10,14H,2-9,11-12H2,1H3,(H,17,18). The summed E-state index contributed by atoms with van der Waals surface area (Å²) in [5.74, 6) is 1.06. The average Bonchev–Trinajstić information content (AvgIpc) is 2.89. The highest BCUT2D eigenvalue weighted by atomic mass is 16.2. The van der Waals surface area contributed by atoms with Gasteiger partial charge in [-0.05, 0) is 57.2 Å². The maximum Gasteiger partial charge on any atom is 0.222 e. The van der Waals surface area contributed by atoms with E-state index in [9.17, 15) is 4.79 Å². The van der Waals surface area contributed by atoms with E-state index in [0.717, 1.165) is 45.6 Å². The number of nitrogens with one attached hydrogen (secondary N) is 1. The summed E-state index contributed by atoms with van der Waals surface area (Å²) in [7, 11) is 0. The number of hydrogen-bond donors (Lipinski definition) is 1. The molecule has 0 aromatic carbocycles. The first-order chi connectivity index (χ1) is 10.2. The third-order valence-electron chi connectivity index (χ3n) is 4.92. The first kappa shape index (κ1) is 14.6. The van der Waals surface area contributed by atoms with Gasteiger partial charge in [-0.2, -0.15) is 5.10 Å². The van der Waals surface area contributed by atoms with E-state index in [1.807, 2.05) is 6.20 Å². The maximum atomic E-state index is 11.9. The molecule has 0 spiro atoms. The Balaban J connectivity index is 1.44. The van der Waals surface area contributed by atoms with Crippen LogP contribution in [-0.4, -0.2) is 52.1 Å². The van der Waals surface area contributed by atoms with Gasteiger partial charge in [0.05, 0.1) is 11.9 Å².